The Kier molecular flexibility index (Phi) is 7.71. The minimum Gasteiger partial charge on any atom is -0.233 e. The molecule has 2 aromatic heterocycles. The Labute approximate surface area is 223 Å². The highest BCUT2D eigenvalue weighted by atomic mass is 14.9. The fraction of sp³-hybridized carbons (Fsp3) is 0.0588. The molecule has 0 fully saturated rings. The van der Waals surface area contributed by atoms with Gasteiger partial charge in [0.05, 0.1) is 17.1 Å². The van der Waals surface area contributed by atoms with Gasteiger partial charge in [-0.15, -0.1) is 0 Å². The van der Waals surface area contributed by atoms with E-state index in [9.17, 15) is 0 Å². The quantitative estimate of drug-likeness (QED) is 0.249. The molecule has 0 saturated heterocycles. The number of aryl methyl sites for hydroxylation is 2. The van der Waals surface area contributed by atoms with Gasteiger partial charge in [0.25, 0.3) is 0 Å². The van der Waals surface area contributed by atoms with Gasteiger partial charge in [-0.05, 0) is 26.0 Å². The molecule has 0 aliphatic rings. The summed E-state index contributed by atoms with van der Waals surface area (Å²) >= 11 is 0. The molecule has 0 unspecified atom stereocenters. The second kappa shape index (κ2) is 11.8. The summed E-state index contributed by atoms with van der Waals surface area (Å²) in [4.78, 5) is 18.2. The van der Waals surface area contributed by atoms with Crippen molar-refractivity contribution in [1.82, 2.24) is 19.9 Å². The van der Waals surface area contributed by atoms with Crippen LogP contribution in [0.4, 0.5) is 0 Å². The van der Waals surface area contributed by atoms with E-state index >= 15 is 0 Å². The van der Waals surface area contributed by atoms with E-state index in [1.807, 2.05) is 111 Å². The molecule has 184 valence electrons. The standard InChI is InChI=1S/2C17H14N2/c1-13-18-16(14-8-4-2-5-9-14)12-17(19-13)15-10-6-3-7-11-15;1-13-12-16(14-8-4-2-5-9-14)19-17(18-13)15-10-6-3-7-11-15/h2*2-12H,1H3. The van der Waals surface area contributed by atoms with Gasteiger partial charge in [0, 0.05) is 27.9 Å². The summed E-state index contributed by atoms with van der Waals surface area (Å²) in [6, 6.07) is 44.7. The molecular weight excluding hydrogens is 464 g/mol. The van der Waals surface area contributed by atoms with Gasteiger partial charge in [0.1, 0.15) is 5.82 Å². The molecule has 6 rings (SSSR count). The summed E-state index contributed by atoms with van der Waals surface area (Å²) in [6.07, 6.45) is 0. The average molecular weight is 493 g/mol. The van der Waals surface area contributed by atoms with E-state index in [0.29, 0.717) is 0 Å². The summed E-state index contributed by atoms with van der Waals surface area (Å²) in [5.41, 5.74) is 8.27. The Morgan fingerprint density at radius 2 is 0.737 bits per heavy atom. The second-order valence-electron chi connectivity index (χ2n) is 8.87. The molecule has 0 aliphatic heterocycles. The lowest BCUT2D eigenvalue weighted by molar-refractivity contribution is 1.06. The summed E-state index contributed by atoms with van der Waals surface area (Å²) in [7, 11) is 0. The Hall–Kier alpha value is -4.96. The second-order valence-corrected chi connectivity index (χ2v) is 8.87. The average Bonchev–Trinajstić information content (AvgIpc) is 2.99. The van der Waals surface area contributed by atoms with E-state index in [-0.39, 0.29) is 0 Å². The highest BCUT2D eigenvalue weighted by Crippen LogP contribution is 2.24. The van der Waals surface area contributed by atoms with Crippen LogP contribution in [0, 0.1) is 13.8 Å². The van der Waals surface area contributed by atoms with Gasteiger partial charge in [-0.1, -0.05) is 121 Å². The van der Waals surface area contributed by atoms with Gasteiger partial charge in [-0.3, -0.25) is 0 Å². The lowest BCUT2D eigenvalue weighted by Crippen LogP contribution is -1.94. The third-order valence-electron chi connectivity index (χ3n) is 5.93. The number of hydrogen-bond acceptors (Lipinski definition) is 4. The molecule has 4 nitrogen and oxygen atoms in total. The minimum atomic E-state index is 0.777. The molecule has 0 saturated carbocycles. The SMILES string of the molecule is Cc1cc(-c2ccccc2)nc(-c2ccccc2)n1.Cc1nc(-c2ccccc2)cc(-c2ccccc2)n1. The van der Waals surface area contributed by atoms with Crippen LogP contribution in [0.15, 0.2) is 133 Å². The van der Waals surface area contributed by atoms with Crippen LogP contribution in [0.1, 0.15) is 11.5 Å². The third kappa shape index (κ3) is 6.23. The van der Waals surface area contributed by atoms with Crippen LogP contribution in [0.2, 0.25) is 0 Å². The summed E-state index contributed by atoms with van der Waals surface area (Å²) < 4.78 is 0. The van der Waals surface area contributed by atoms with E-state index in [2.05, 4.69) is 56.3 Å². The minimum absolute atomic E-state index is 0.777. The van der Waals surface area contributed by atoms with Crippen molar-refractivity contribution in [1.29, 1.82) is 0 Å². The largest absolute Gasteiger partial charge is 0.233 e. The fourth-order valence-corrected chi connectivity index (χ4v) is 4.12. The Bertz CT molecular complexity index is 1360. The molecule has 0 amide bonds. The lowest BCUT2D eigenvalue weighted by Gasteiger charge is -2.06. The Morgan fingerprint density at radius 3 is 1.16 bits per heavy atom. The molecule has 4 aromatic carbocycles. The molecule has 0 spiro atoms. The number of hydrogen-bond donors (Lipinski definition) is 0. The van der Waals surface area contributed by atoms with Crippen LogP contribution in [-0.2, 0) is 0 Å². The molecule has 38 heavy (non-hydrogen) atoms. The van der Waals surface area contributed by atoms with E-state index in [1.54, 1.807) is 0 Å². The number of benzene rings is 4. The zero-order chi connectivity index (χ0) is 26.2. The van der Waals surface area contributed by atoms with Crippen LogP contribution in [0.25, 0.3) is 45.2 Å². The normalized spacial score (nSPS) is 10.4. The predicted molar refractivity (Wildman–Crippen MR) is 155 cm³/mol. The van der Waals surface area contributed by atoms with E-state index in [4.69, 9.17) is 0 Å². The van der Waals surface area contributed by atoms with E-state index < -0.39 is 0 Å². The molecule has 2 heterocycles. The predicted octanol–water partition coefficient (Wildman–Crippen LogP) is 8.24. The van der Waals surface area contributed by atoms with Gasteiger partial charge >= 0.3 is 0 Å². The highest BCUT2D eigenvalue weighted by molar-refractivity contribution is 5.68. The molecule has 0 atom stereocenters. The van der Waals surface area contributed by atoms with Crippen LogP contribution in [0.5, 0.6) is 0 Å². The number of nitrogens with zero attached hydrogens (tertiary/aromatic N) is 4. The van der Waals surface area contributed by atoms with Crippen molar-refractivity contribution in [2.75, 3.05) is 0 Å². The summed E-state index contributed by atoms with van der Waals surface area (Å²) in [5.74, 6) is 1.57. The molecule has 4 heteroatoms. The van der Waals surface area contributed by atoms with E-state index in [1.165, 1.54) is 0 Å². The van der Waals surface area contributed by atoms with Crippen molar-refractivity contribution < 1.29 is 0 Å². The molecule has 0 aliphatic carbocycles. The summed E-state index contributed by atoms with van der Waals surface area (Å²) in [5, 5.41) is 0. The molecule has 0 N–H and O–H groups in total. The fourth-order valence-electron chi connectivity index (χ4n) is 4.12. The van der Waals surface area contributed by atoms with Gasteiger partial charge in [-0.25, -0.2) is 19.9 Å². The first-order chi connectivity index (χ1) is 18.7. The smallest absolute Gasteiger partial charge is 0.160 e. The van der Waals surface area contributed by atoms with Gasteiger partial charge in [0.2, 0.25) is 0 Å². The Balaban J connectivity index is 0.000000155. The monoisotopic (exact) mass is 492 g/mol. The van der Waals surface area contributed by atoms with Crippen LogP contribution >= 0.6 is 0 Å². The third-order valence-corrected chi connectivity index (χ3v) is 5.93. The van der Waals surface area contributed by atoms with Crippen molar-refractivity contribution >= 4 is 0 Å². The van der Waals surface area contributed by atoms with Crippen molar-refractivity contribution in [2.45, 2.75) is 13.8 Å². The van der Waals surface area contributed by atoms with Crippen molar-refractivity contribution in [3.05, 3.63) is 145 Å². The van der Waals surface area contributed by atoms with Crippen molar-refractivity contribution in [3.8, 4) is 45.2 Å². The maximum Gasteiger partial charge on any atom is 0.160 e. The van der Waals surface area contributed by atoms with Crippen LogP contribution < -0.4 is 0 Å². The van der Waals surface area contributed by atoms with Gasteiger partial charge < -0.3 is 0 Å². The summed E-state index contributed by atoms with van der Waals surface area (Å²) in [6.45, 7) is 3.93. The van der Waals surface area contributed by atoms with Gasteiger partial charge in [-0.2, -0.15) is 0 Å². The zero-order valence-corrected chi connectivity index (χ0v) is 21.5. The molecule has 6 aromatic rings. The maximum absolute atomic E-state index is 4.66. The van der Waals surface area contributed by atoms with Crippen molar-refractivity contribution in [3.63, 3.8) is 0 Å². The first-order valence-corrected chi connectivity index (χ1v) is 12.6. The zero-order valence-electron chi connectivity index (χ0n) is 21.5. The molecule has 0 bridgehead atoms. The topological polar surface area (TPSA) is 51.6 Å². The first kappa shape index (κ1) is 24.7. The Morgan fingerprint density at radius 1 is 0.368 bits per heavy atom. The van der Waals surface area contributed by atoms with Gasteiger partial charge in [0.15, 0.2) is 5.82 Å². The maximum atomic E-state index is 4.66. The van der Waals surface area contributed by atoms with Crippen molar-refractivity contribution in [2.24, 2.45) is 0 Å². The number of aromatic nitrogens is 4. The highest BCUT2D eigenvalue weighted by Gasteiger charge is 2.07. The molecular formula is C34H28N4. The van der Waals surface area contributed by atoms with Crippen LogP contribution in [-0.4, -0.2) is 19.9 Å². The first-order valence-electron chi connectivity index (χ1n) is 12.6. The lowest BCUT2D eigenvalue weighted by atomic mass is 10.1. The van der Waals surface area contributed by atoms with Crippen LogP contribution in [0.3, 0.4) is 0 Å². The van der Waals surface area contributed by atoms with E-state index in [0.717, 1.165) is 56.7 Å². The molecule has 0 radical (unpaired) electrons. The number of rotatable bonds is 4.